The third kappa shape index (κ3) is 7.39. The Labute approximate surface area is 308 Å². The van der Waals surface area contributed by atoms with E-state index in [-0.39, 0.29) is 37.1 Å². The van der Waals surface area contributed by atoms with Crippen molar-refractivity contribution in [3.05, 3.63) is 41.6 Å². The Bertz CT molecular complexity index is 1900. The van der Waals surface area contributed by atoms with Gasteiger partial charge < -0.3 is 30.1 Å². The highest BCUT2D eigenvalue weighted by Gasteiger charge is 2.63. The summed E-state index contributed by atoms with van der Waals surface area (Å²) < 4.78 is 39.1. The number of benzene rings is 1. The third-order valence-electron chi connectivity index (χ3n) is 11.2. The van der Waals surface area contributed by atoms with Gasteiger partial charge in [0.2, 0.25) is 27.7 Å². The highest BCUT2D eigenvalue weighted by molar-refractivity contribution is 7.91. The highest BCUT2D eigenvalue weighted by Crippen LogP contribution is 2.47. The van der Waals surface area contributed by atoms with Crippen molar-refractivity contribution in [3.63, 3.8) is 0 Å². The molecule has 2 aromatic rings. The van der Waals surface area contributed by atoms with Gasteiger partial charge in [0.1, 0.15) is 29.5 Å². The van der Waals surface area contributed by atoms with E-state index < -0.39 is 68.2 Å². The second-order valence-corrected chi connectivity index (χ2v) is 17.5. The number of aromatic nitrogens is 1. The second kappa shape index (κ2) is 14.4. The smallest absolute Gasteiger partial charge is 0.405 e. The van der Waals surface area contributed by atoms with Gasteiger partial charge in [-0.2, -0.15) is 0 Å². The molecule has 0 radical (unpaired) electrons. The van der Waals surface area contributed by atoms with Crippen LogP contribution in [-0.4, -0.2) is 89.4 Å². The number of hydrogen-bond donors (Lipinski definition) is 4. The van der Waals surface area contributed by atoms with Crippen LogP contribution >= 0.6 is 11.6 Å². The fourth-order valence-corrected chi connectivity index (χ4v) is 9.06. The number of fused-ring (bicyclic) bond motifs is 3. The molecule has 3 fully saturated rings. The number of allylic oxidation sites excluding steroid dienone is 1. The largest absolute Gasteiger partial charge is 0.495 e. The first kappa shape index (κ1) is 37.6. The first-order chi connectivity index (χ1) is 24.6. The van der Waals surface area contributed by atoms with Gasteiger partial charge >= 0.3 is 6.09 Å². The maximum absolute atomic E-state index is 14.5. The number of carboxylic acid groups (broad SMARTS) is 1. The number of pyridine rings is 1. The molecule has 0 unspecified atom stereocenters. The molecular weight excluding hydrogens is 714 g/mol. The standard InChI is InChI=1S/C36H46ClN5O9S/c1-5-21-14-20(2)8-6-7-9-23-18-36(23,33(45)41-52(48,49)35(3)11-12-35)40-30(43)27-16-24(19-42(27)32(44)29(21)39-34(46)47)51-31-25-17-26(37)28(50-4)15-22(25)10-13-38-31/h7,9-10,13,15,17,20-21,23-24,27,29,39H,5-6,8,11-12,14,16,18-19H2,1-4H3,(H,40,43)(H,41,45)(H,46,47)/t20-,21+,23+,24+,27-,29-,36+/m0/s1. The average molecular weight is 760 g/mol. The van der Waals surface area contributed by atoms with Crippen molar-refractivity contribution < 1.29 is 42.2 Å². The molecule has 2 saturated carbocycles. The Morgan fingerprint density at radius 2 is 1.96 bits per heavy atom. The average Bonchev–Trinajstić information content (AvgIpc) is 3.97. The van der Waals surface area contributed by atoms with Crippen LogP contribution in [0.15, 0.2) is 36.5 Å². The van der Waals surface area contributed by atoms with Gasteiger partial charge in [0.15, 0.2) is 0 Å². The van der Waals surface area contributed by atoms with Crippen molar-refractivity contribution in [2.24, 2.45) is 17.8 Å². The summed E-state index contributed by atoms with van der Waals surface area (Å²) in [6.45, 7) is 5.43. The lowest BCUT2D eigenvalue weighted by Gasteiger charge is -2.33. The van der Waals surface area contributed by atoms with Crippen molar-refractivity contribution in [3.8, 4) is 11.6 Å². The Morgan fingerprint density at radius 3 is 2.63 bits per heavy atom. The van der Waals surface area contributed by atoms with Gasteiger partial charge in [-0.3, -0.25) is 19.1 Å². The van der Waals surface area contributed by atoms with Gasteiger partial charge in [0.25, 0.3) is 5.91 Å². The number of sulfonamides is 1. The molecule has 7 atom stereocenters. The molecule has 3 heterocycles. The maximum atomic E-state index is 14.5. The van der Waals surface area contributed by atoms with E-state index in [4.69, 9.17) is 21.1 Å². The Hall–Kier alpha value is -4.11. The normalized spacial score (nSPS) is 30.2. The summed E-state index contributed by atoms with van der Waals surface area (Å²) in [6.07, 6.45) is 6.65. The second-order valence-electron chi connectivity index (χ2n) is 14.9. The summed E-state index contributed by atoms with van der Waals surface area (Å²) in [5, 5.41) is 16.8. The SMILES string of the molecule is CC[C@@H]1C[C@@H](C)CCC=C[C@@H]2C[C@@]2(C(=O)NS(=O)(=O)C2(C)CC2)NC(=O)[C@@H]2C[C@@H](Oc3nccc4cc(OC)c(Cl)cc34)CN2C(=O)[C@H]1NC(=O)O. The van der Waals surface area contributed by atoms with E-state index in [0.29, 0.717) is 48.3 Å². The van der Waals surface area contributed by atoms with Gasteiger partial charge in [0.05, 0.1) is 23.4 Å². The summed E-state index contributed by atoms with van der Waals surface area (Å²) in [6, 6.07) is 2.83. The number of rotatable bonds is 8. The zero-order valence-electron chi connectivity index (χ0n) is 29.7. The van der Waals surface area contributed by atoms with Gasteiger partial charge in [-0.05, 0) is 80.9 Å². The topological polar surface area (TPSA) is 193 Å². The van der Waals surface area contributed by atoms with Crippen molar-refractivity contribution in [1.82, 2.24) is 25.2 Å². The van der Waals surface area contributed by atoms with E-state index in [0.717, 1.165) is 11.8 Å². The van der Waals surface area contributed by atoms with E-state index in [1.54, 1.807) is 31.3 Å². The van der Waals surface area contributed by atoms with Crippen molar-refractivity contribution in [1.29, 1.82) is 0 Å². The van der Waals surface area contributed by atoms with Crippen molar-refractivity contribution >= 4 is 56.2 Å². The summed E-state index contributed by atoms with van der Waals surface area (Å²) in [7, 11) is -2.50. The number of amides is 4. The minimum Gasteiger partial charge on any atom is -0.495 e. The van der Waals surface area contributed by atoms with Gasteiger partial charge in [0, 0.05) is 23.9 Å². The number of methoxy groups -OCH3 is 1. The van der Waals surface area contributed by atoms with E-state index in [2.05, 4.69) is 20.3 Å². The fourth-order valence-electron chi connectivity index (χ4n) is 7.50. The Kier molecular flexibility index (Phi) is 10.4. The van der Waals surface area contributed by atoms with Crippen LogP contribution in [0.4, 0.5) is 4.79 Å². The molecular formula is C36H46ClN5O9S. The molecule has 2 aliphatic heterocycles. The molecule has 4 aliphatic rings. The summed E-state index contributed by atoms with van der Waals surface area (Å²) in [5.41, 5.74) is -1.55. The van der Waals surface area contributed by atoms with E-state index in [1.165, 1.54) is 12.0 Å². The highest BCUT2D eigenvalue weighted by atomic mass is 35.5. The van der Waals surface area contributed by atoms with E-state index in [9.17, 15) is 32.7 Å². The molecule has 52 heavy (non-hydrogen) atoms. The van der Waals surface area contributed by atoms with Crippen LogP contribution in [0.25, 0.3) is 10.8 Å². The zero-order valence-corrected chi connectivity index (χ0v) is 31.3. The molecule has 1 aromatic carbocycles. The lowest BCUT2D eigenvalue weighted by Crippen LogP contribution is -2.59. The lowest BCUT2D eigenvalue weighted by atomic mass is 9.85. The van der Waals surface area contributed by atoms with Crippen LogP contribution in [0.3, 0.4) is 0 Å². The number of carbonyl (C=O) groups excluding carboxylic acids is 3. The summed E-state index contributed by atoms with van der Waals surface area (Å²) in [4.78, 5) is 60.5. The number of hydrogen-bond acceptors (Lipinski definition) is 9. The number of ether oxygens (including phenoxy) is 2. The van der Waals surface area contributed by atoms with Crippen LogP contribution in [0, 0.1) is 17.8 Å². The summed E-state index contributed by atoms with van der Waals surface area (Å²) >= 11 is 6.43. The molecule has 0 bridgehead atoms. The monoisotopic (exact) mass is 759 g/mol. The number of halogens is 1. The number of nitrogens with zero attached hydrogens (tertiary/aromatic N) is 2. The zero-order chi connectivity index (χ0) is 37.6. The Balaban J connectivity index is 1.35. The van der Waals surface area contributed by atoms with Gasteiger partial charge in [-0.25, -0.2) is 18.2 Å². The van der Waals surface area contributed by atoms with E-state index in [1.807, 2.05) is 26.0 Å². The van der Waals surface area contributed by atoms with Crippen LogP contribution < -0.4 is 24.8 Å². The minimum atomic E-state index is -4.01. The molecule has 1 saturated heterocycles. The van der Waals surface area contributed by atoms with Crippen LogP contribution in [0.2, 0.25) is 5.02 Å². The molecule has 2 aliphatic carbocycles. The molecule has 4 amide bonds. The Morgan fingerprint density at radius 1 is 1.21 bits per heavy atom. The quantitative estimate of drug-likeness (QED) is 0.284. The predicted molar refractivity (Wildman–Crippen MR) is 192 cm³/mol. The molecule has 282 valence electrons. The van der Waals surface area contributed by atoms with Crippen LogP contribution in [0.1, 0.15) is 72.1 Å². The lowest BCUT2D eigenvalue weighted by molar-refractivity contribution is -0.142. The molecule has 14 nitrogen and oxygen atoms in total. The molecule has 1 aromatic heterocycles. The predicted octanol–water partition coefficient (Wildman–Crippen LogP) is 4.16. The molecule has 16 heteroatoms. The maximum Gasteiger partial charge on any atom is 0.405 e. The molecule has 6 rings (SSSR count). The minimum absolute atomic E-state index is 0.0128. The van der Waals surface area contributed by atoms with E-state index >= 15 is 0 Å². The summed E-state index contributed by atoms with van der Waals surface area (Å²) in [5.74, 6) is -2.13. The van der Waals surface area contributed by atoms with Crippen molar-refractivity contribution in [2.75, 3.05) is 13.7 Å². The number of nitrogens with one attached hydrogen (secondary N) is 3. The van der Waals surface area contributed by atoms with Crippen LogP contribution in [-0.2, 0) is 24.4 Å². The van der Waals surface area contributed by atoms with Gasteiger partial charge in [-0.15, -0.1) is 0 Å². The molecule has 0 spiro atoms. The first-order valence-electron chi connectivity index (χ1n) is 17.8. The van der Waals surface area contributed by atoms with Gasteiger partial charge in [-0.1, -0.05) is 44.0 Å². The molecule has 4 N–H and O–H groups in total. The first-order valence-corrected chi connectivity index (χ1v) is 19.6. The third-order valence-corrected chi connectivity index (χ3v) is 13.6. The van der Waals surface area contributed by atoms with Crippen molar-refractivity contribution in [2.45, 2.75) is 101 Å². The number of carbonyl (C=O) groups is 4. The fraction of sp³-hybridized carbons (Fsp3) is 0.583. The van der Waals surface area contributed by atoms with Crippen LogP contribution in [0.5, 0.6) is 11.6 Å².